The number of rotatable bonds is 6. The molecule has 1 aliphatic rings. The van der Waals surface area contributed by atoms with Gasteiger partial charge in [0.25, 0.3) is 0 Å². The van der Waals surface area contributed by atoms with Crippen LogP contribution in [0.2, 0.25) is 0 Å². The van der Waals surface area contributed by atoms with E-state index in [1.54, 1.807) is 23.9 Å². The minimum atomic E-state index is -3.48. The van der Waals surface area contributed by atoms with E-state index in [9.17, 15) is 8.42 Å². The van der Waals surface area contributed by atoms with Gasteiger partial charge in [-0.25, -0.2) is 13.1 Å². The molecule has 0 saturated heterocycles. The molecule has 0 aromatic carbocycles. The number of ether oxygens (including phenoxy) is 1. The fraction of sp³-hybridized carbons (Fsp3) is 0.500. The molecule has 0 aliphatic heterocycles. The molecule has 1 unspecified atom stereocenters. The predicted octanol–water partition coefficient (Wildman–Crippen LogP) is 1.95. The smallest absolute Gasteiger partial charge is 0.242 e. The highest BCUT2D eigenvalue weighted by Crippen LogP contribution is 2.30. The fourth-order valence-corrected chi connectivity index (χ4v) is 4.93. The number of thiophene rings is 1. The standard InChI is InChI=1S/C14H19N3O3S2/c1-20-7-6-17-9-11-3-2-4-13(14(11)15-17)16-22(18,19)12-5-8-21-10-12/h5,8-10,13,16H,2-4,6-7H2,1H3. The second kappa shape index (κ2) is 6.49. The number of nitrogens with one attached hydrogen (secondary N) is 1. The lowest BCUT2D eigenvalue weighted by Gasteiger charge is -2.21. The van der Waals surface area contributed by atoms with E-state index in [4.69, 9.17) is 4.74 Å². The quantitative estimate of drug-likeness (QED) is 0.871. The Morgan fingerprint density at radius 2 is 2.41 bits per heavy atom. The predicted molar refractivity (Wildman–Crippen MR) is 84.4 cm³/mol. The van der Waals surface area contributed by atoms with Gasteiger partial charge in [-0.1, -0.05) is 0 Å². The van der Waals surface area contributed by atoms with Gasteiger partial charge in [-0.3, -0.25) is 4.68 Å². The van der Waals surface area contributed by atoms with Gasteiger partial charge >= 0.3 is 0 Å². The van der Waals surface area contributed by atoms with Crippen LogP contribution in [0.3, 0.4) is 0 Å². The highest BCUT2D eigenvalue weighted by molar-refractivity contribution is 7.89. The number of aryl methyl sites for hydroxylation is 1. The number of hydrogen-bond donors (Lipinski definition) is 1. The summed E-state index contributed by atoms with van der Waals surface area (Å²) in [6, 6.07) is 1.37. The molecule has 6 nitrogen and oxygen atoms in total. The Morgan fingerprint density at radius 1 is 1.55 bits per heavy atom. The van der Waals surface area contributed by atoms with Gasteiger partial charge in [0.2, 0.25) is 10.0 Å². The van der Waals surface area contributed by atoms with Crippen molar-refractivity contribution in [1.82, 2.24) is 14.5 Å². The van der Waals surface area contributed by atoms with E-state index >= 15 is 0 Å². The van der Waals surface area contributed by atoms with Crippen LogP contribution >= 0.6 is 11.3 Å². The van der Waals surface area contributed by atoms with Gasteiger partial charge in [0.1, 0.15) is 0 Å². The molecular weight excluding hydrogens is 322 g/mol. The summed E-state index contributed by atoms with van der Waals surface area (Å²) in [5.74, 6) is 0. The Bertz CT molecular complexity index is 723. The molecule has 0 amide bonds. The maximum absolute atomic E-state index is 12.4. The van der Waals surface area contributed by atoms with Crippen molar-refractivity contribution in [2.75, 3.05) is 13.7 Å². The Morgan fingerprint density at radius 3 is 3.14 bits per heavy atom. The minimum absolute atomic E-state index is 0.252. The summed E-state index contributed by atoms with van der Waals surface area (Å²) in [6.45, 7) is 1.26. The zero-order chi connectivity index (χ0) is 15.6. The van der Waals surface area contributed by atoms with Crippen LogP contribution in [-0.4, -0.2) is 31.9 Å². The largest absolute Gasteiger partial charge is 0.383 e. The molecule has 3 rings (SSSR count). The molecule has 1 atom stereocenters. The van der Waals surface area contributed by atoms with Crippen molar-refractivity contribution in [3.63, 3.8) is 0 Å². The van der Waals surface area contributed by atoms with Crippen LogP contribution in [0.5, 0.6) is 0 Å². The van der Waals surface area contributed by atoms with Crippen LogP contribution < -0.4 is 4.72 Å². The monoisotopic (exact) mass is 341 g/mol. The van der Waals surface area contributed by atoms with Crippen molar-refractivity contribution < 1.29 is 13.2 Å². The van der Waals surface area contributed by atoms with E-state index in [1.165, 1.54) is 11.3 Å². The van der Waals surface area contributed by atoms with Crippen molar-refractivity contribution >= 4 is 21.4 Å². The Kier molecular flexibility index (Phi) is 4.62. The van der Waals surface area contributed by atoms with Crippen LogP contribution in [0, 0.1) is 0 Å². The lowest BCUT2D eigenvalue weighted by Crippen LogP contribution is -2.31. The molecule has 2 aromatic rings. The third kappa shape index (κ3) is 3.24. The maximum Gasteiger partial charge on any atom is 0.242 e. The average molecular weight is 341 g/mol. The first-order valence-electron chi connectivity index (χ1n) is 7.20. The van der Waals surface area contributed by atoms with Gasteiger partial charge < -0.3 is 4.74 Å². The van der Waals surface area contributed by atoms with E-state index in [1.807, 2.05) is 10.9 Å². The van der Waals surface area contributed by atoms with Crippen LogP contribution in [0.25, 0.3) is 0 Å². The second-order valence-electron chi connectivity index (χ2n) is 5.32. The summed E-state index contributed by atoms with van der Waals surface area (Å²) in [6.07, 6.45) is 4.68. The fourth-order valence-electron chi connectivity index (χ4n) is 2.67. The number of nitrogens with zero attached hydrogens (tertiary/aromatic N) is 2. The van der Waals surface area contributed by atoms with Gasteiger partial charge in [0.05, 0.1) is 29.8 Å². The zero-order valence-corrected chi connectivity index (χ0v) is 14.0. The minimum Gasteiger partial charge on any atom is -0.383 e. The van der Waals surface area contributed by atoms with Gasteiger partial charge in [-0.2, -0.15) is 16.4 Å². The lowest BCUT2D eigenvalue weighted by atomic mass is 9.94. The van der Waals surface area contributed by atoms with Crippen molar-refractivity contribution in [1.29, 1.82) is 0 Å². The van der Waals surface area contributed by atoms with Crippen LogP contribution in [0.15, 0.2) is 27.9 Å². The summed E-state index contributed by atoms with van der Waals surface area (Å²) in [5, 5.41) is 7.95. The van der Waals surface area contributed by atoms with Crippen molar-refractivity contribution in [3.8, 4) is 0 Å². The molecule has 0 radical (unpaired) electrons. The average Bonchev–Trinajstić information content (AvgIpc) is 3.14. The van der Waals surface area contributed by atoms with Crippen LogP contribution in [0.4, 0.5) is 0 Å². The van der Waals surface area contributed by atoms with Gasteiger partial charge in [0, 0.05) is 18.7 Å². The van der Waals surface area contributed by atoms with E-state index in [0.29, 0.717) is 18.0 Å². The first-order valence-corrected chi connectivity index (χ1v) is 9.62. The summed E-state index contributed by atoms with van der Waals surface area (Å²) in [5.41, 5.74) is 1.97. The molecule has 1 N–H and O–H groups in total. The summed E-state index contributed by atoms with van der Waals surface area (Å²) in [4.78, 5) is 0.323. The number of methoxy groups -OCH3 is 1. The van der Waals surface area contributed by atoms with Crippen LogP contribution in [0.1, 0.15) is 30.1 Å². The van der Waals surface area contributed by atoms with Crippen molar-refractivity contribution in [3.05, 3.63) is 34.3 Å². The van der Waals surface area contributed by atoms with Gasteiger partial charge in [0.15, 0.2) is 0 Å². The highest BCUT2D eigenvalue weighted by Gasteiger charge is 2.28. The summed E-state index contributed by atoms with van der Waals surface area (Å²) >= 11 is 1.37. The molecule has 0 saturated carbocycles. The van der Waals surface area contributed by atoms with E-state index in [0.717, 1.165) is 30.5 Å². The van der Waals surface area contributed by atoms with E-state index in [-0.39, 0.29) is 6.04 Å². The molecule has 1 aliphatic carbocycles. The Hall–Kier alpha value is -1.22. The topological polar surface area (TPSA) is 73.2 Å². The number of sulfonamides is 1. The lowest BCUT2D eigenvalue weighted by molar-refractivity contribution is 0.183. The van der Waals surface area contributed by atoms with Crippen molar-refractivity contribution in [2.45, 2.75) is 36.7 Å². The van der Waals surface area contributed by atoms with Gasteiger partial charge in [-0.15, -0.1) is 0 Å². The molecule has 0 fully saturated rings. The Labute approximate surface area is 134 Å². The molecule has 22 heavy (non-hydrogen) atoms. The molecule has 8 heteroatoms. The normalized spacial score (nSPS) is 18.3. The van der Waals surface area contributed by atoms with Crippen molar-refractivity contribution in [2.24, 2.45) is 0 Å². The first kappa shape index (κ1) is 15.7. The maximum atomic E-state index is 12.4. The molecule has 120 valence electrons. The third-order valence-electron chi connectivity index (χ3n) is 3.77. The van der Waals surface area contributed by atoms with Crippen LogP contribution in [-0.2, 0) is 27.7 Å². The second-order valence-corrected chi connectivity index (χ2v) is 7.81. The zero-order valence-electron chi connectivity index (χ0n) is 12.4. The number of fused-ring (bicyclic) bond motifs is 1. The summed E-state index contributed by atoms with van der Waals surface area (Å²) in [7, 11) is -1.83. The summed E-state index contributed by atoms with van der Waals surface area (Å²) < 4.78 is 34.5. The Balaban J connectivity index is 1.81. The highest BCUT2D eigenvalue weighted by atomic mass is 32.2. The van der Waals surface area contributed by atoms with E-state index in [2.05, 4.69) is 9.82 Å². The SMILES string of the molecule is COCCn1cc2c(n1)C(NS(=O)(=O)c1ccsc1)CCC2. The molecule has 0 spiro atoms. The molecular formula is C14H19N3O3S2. The molecule has 2 aromatic heterocycles. The third-order valence-corrected chi connectivity index (χ3v) is 6.07. The number of hydrogen-bond acceptors (Lipinski definition) is 5. The molecule has 0 bridgehead atoms. The number of aromatic nitrogens is 2. The molecule has 2 heterocycles. The first-order chi connectivity index (χ1) is 10.6. The van der Waals surface area contributed by atoms with E-state index < -0.39 is 10.0 Å². The van der Waals surface area contributed by atoms with Gasteiger partial charge in [-0.05, 0) is 36.3 Å².